The lowest BCUT2D eigenvalue weighted by Crippen LogP contribution is -2.53. The molecule has 0 spiro atoms. The van der Waals surface area contributed by atoms with Crippen LogP contribution >= 0.6 is 0 Å². The number of piperazine rings is 1. The summed E-state index contributed by atoms with van der Waals surface area (Å²) in [7, 11) is 0. The van der Waals surface area contributed by atoms with E-state index in [2.05, 4.69) is 17.0 Å². The molecule has 1 fully saturated rings. The molecule has 1 N–H and O–H groups in total. The van der Waals surface area contributed by atoms with Gasteiger partial charge in [-0.2, -0.15) is 0 Å². The molecule has 0 radical (unpaired) electrons. The predicted octanol–water partition coefficient (Wildman–Crippen LogP) is 0.172. The quantitative estimate of drug-likeness (QED) is 0.786. The van der Waals surface area contributed by atoms with Gasteiger partial charge in [0.2, 0.25) is 0 Å². The van der Waals surface area contributed by atoms with Gasteiger partial charge in [0, 0.05) is 45.8 Å². The third-order valence-electron chi connectivity index (χ3n) is 4.13. The summed E-state index contributed by atoms with van der Waals surface area (Å²) in [5.74, 6) is -0.974. The summed E-state index contributed by atoms with van der Waals surface area (Å²) in [5.41, 5.74) is 1.25. The smallest absolute Gasteiger partial charge is 0.312 e. The van der Waals surface area contributed by atoms with Gasteiger partial charge in [-0.1, -0.05) is 30.3 Å². The molecule has 23 heavy (non-hydrogen) atoms. The highest BCUT2D eigenvalue weighted by Crippen LogP contribution is 2.09. The van der Waals surface area contributed by atoms with Crippen molar-refractivity contribution in [3.63, 3.8) is 0 Å². The largest absolute Gasteiger partial charge is 0.395 e. The maximum absolute atomic E-state index is 12.3. The average molecular weight is 319 g/mol. The van der Waals surface area contributed by atoms with Crippen molar-refractivity contribution in [2.45, 2.75) is 13.5 Å². The molecular formula is C17H25N3O3. The van der Waals surface area contributed by atoms with Crippen LogP contribution < -0.4 is 0 Å². The van der Waals surface area contributed by atoms with Crippen molar-refractivity contribution in [3.8, 4) is 0 Å². The Balaban J connectivity index is 1.83. The highest BCUT2D eigenvalue weighted by molar-refractivity contribution is 6.34. The van der Waals surface area contributed by atoms with Crippen LogP contribution in [-0.2, 0) is 16.1 Å². The zero-order valence-electron chi connectivity index (χ0n) is 13.6. The molecule has 0 bridgehead atoms. The van der Waals surface area contributed by atoms with Gasteiger partial charge in [0.1, 0.15) is 0 Å². The predicted molar refractivity (Wildman–Crippen MR) is 87.6 cm³/mol. The van der Waals surface area contributed by atoms with E-state index in [1.54, 1.807) is 11.8 Å². The Labute approximate surface area is 137 Å². The highest BCUT2D eigenvalue weighted by Gasteiger charge is 2.28. The highest BCUT2D eigenvalue weighted by atomic mass is 16.3. The molecule has 2 amide bonds. The SMILES string of the molecule is CCN(CCO)C(=O)C(=O)N1CCN(Cc2ccccc2)CC1. The molecule has 1 heterocycles. The summed E-state index contributed by atoms with van der Waals surface area (Å²) < 4.78 is 0. The van der Waals surface area contributed by atoms with E-state index in [0.29, 0.717) is 19.6 Å². The van der Waals surface area contributed by atoms with Gasteiger partial charge < -0.3 is 14.9 Å². The van der Waals surface area contributed by atoms with E-state index in [1.165, 1.54) is 10.5 Å². The van der Waals surface area contributed by atoms with Gasteiger partial charge in [0.05, 0.1) is 6.61 Å². The third kappa shape index (κ3) is 4.77. The molecule has 6 nitrogen and oxygen atoms in total. The van der Waals surface area contributed by atoms with E-state index in [4.69, 9.17) is 5.11 Å². The van der Waals surface area contributed by atoms with Gasteiger partial charge >= 0.3 is 11.8 Å². The molecule has 0 atom stereocenters. The van der Waals surface area contributed by atoms with E-state index in [1.807, 2.05) is 18.2 Å². The first kappa shape index (κ1) is 17.4. The molecule has 0 aliphatic carbocycles. The number of carbonyl (C=O) groups excluding carboxylic acids is 2. The number of amides is 2. The maximum Gasteiger partial charge on any atom is 0.312 e. The Hall–Kier alpha value is -1.92. The van der Waals surface area contributed by atoms with Crippen molar-refractivity contribution >= 4 is 11.8 Å². The second kappa shape index (κ2) is 8.64. The lowest BCUT2D eigenvalue weighted by Gasteiger charge is -2.35. The van der Waals surface area contributed by atoms with Gasteiger partial charge in [-0.25, -0.2) is 0 Å². The molecule has 0 aromatic heterocycles. The normalized spacial score (nSPS) is 15.5. The van der Waals surface area contributed by atoms with E-state index in [9.17, 15) is 9.59 Å². The maximum atomic E-state index is 12.3. The monoisotopic (exact) mass is 319 g/mol. The Bertz CT molecular complexity index is 513. The number of carbonyl (C=O) groups is 2. The standard InChI is InChI=1S/C17H25N3O3/c1-2-19(12-13-21)16(22)17(23)20-10-8-18(9-11-20)14-15-6-4-3-5-7-15/h3-7,21H,2,8-14H2,1H3. The molecule has 1 aromatic carbocycles. The molecule has 6 heteroatoms. The first-order chi connectivity index (χ1) is 11.2. The number of hydrogen-bond donors (Lipinski definition) is 1. The van der Waals surface area contributed by atoms with Crippen LogP contribution in [0.5, 0.6) is 0 Å². The summed E-state index contributed by atoms with van der Waals surface area (Å²) >= 11 is 0. The van der Waals surface area contributed by atoms with Gasteiger partial charge in [0.25, 0.3) is 0 Å². The average Bonchev–Trinajstić information content (AvgIpc) is 2.60. The van der Waals surface area contributed by atoms with Crippen molar-refractivity contribution in [3.05, 3.63) is 35.9 Å². The second-order valence-electron chi connectivity index (χ2n) is 5.66. The van der Waals surface area contributed by atoms with Crippen molar-refractivity contribution in [2.24, 2.45) is 0 Å². The van der Waals surface area contributed by atoms with Crippen LogP contribution in [0.4, 0.5) is 0 Å². The van der Waals surface area contributed by atoms with Crippen LogP contribution in [-0.4, -0.2) is 77.5 Å². The summed E-state index contributed by atoms with van der Waals surface area (Å²) in [6.07, 6.45) is 0. The molecule has 2 rings (SSSR count). The molecular weight excluding hydrogens is 294 g/mol. The Morgan fingerprint density at radius 3 is 2.35 bits per heavy atom. The number of benzene rings is 1. The van der Waals surface area contributed by atoms with Gasteiger partial charge in [-0.3, -0.25) is 14.5 Å². The first-order valence-corrected chi connectivity index (χ1v) is 8.11. The Morgan fingerprint density at radius 2 is 1.78 bits per heavy atom. The molecule has 1 aromatic rings. The fourth-order valence-electron chi connectivity index (χ4n) is 2.75. The van der Waals surface area contributed by atoms with Crippen molar-refractivity contribution in [1.82, 2.24) is 14.7 Å². The summed E-state index contributed by atoms with van der Waals surface area (Å²) in [6, 6.07) is 10.2. The molecule has 1 saturated heterocycles. The number of nitrogens with zero attached hydrogens (tertiary/aromatic N) is 3. The lowest BCUT2D eigenvalue weighted by atomic mass is 10.2. The molecule has 0 unspecified atom stereocenters. The summed E-state index contributed by atoms with van der Waals surface area (Å²) in [6.45, 7) is 5.83. The first-order valence-electron chi connectivity index (χ1n) is 8.11. The minimum atomic E-state index is -0.516. The van der Waals surface area contributed by atoms with E-state index >= 15 is 0 Å². The van der Waals surface area contributed by atoms with Crippen molar-refractivity contribution < 1.29 is 14.7 Å². The minimum absolute atomic E-state index is 0.127. The van der Waals surface area contributed by atoms with Crippen LogP contribution in [0.15, 0.2) is 30.3 Å². The van der Waals surface area contributed by atoms with Crippen LogP contribution in [0.3, 0.4) is 0 Å². The number of rotatable bonds is 5. The van der Waals surface area contributed by atoms with E-state index in [-0.39, 0.29) is 13.2 Å². The molecule has 126 valence electrons. The summed E-state index contributed by atoms with van der Waals surface area (Å²) in [5, 5.41) is 8.96. The summed E-state index contributed by atoms with van der Waals surface area (Å²) in [4.78, 5) is 29.7. The lowest BCUT2D eigenvalue weighted by molar-refractivity contribution is -0.153. The fraction of sp³-hybridized carbons (Fsp3) is 0.529. The van der Waals surface area contributed by atoms with Gasteiger partial charge in [-0.15, -0.1) is 0 Å². The fourth-order valence-corrected chi connectivity index (χ4v) is 2.75. The Morgan fingerprint density at radius 1 is 1.13 bits per heavy atom. The number of aliphatic hydroxyl groups excluding tert-OH is 1. The second-order valence-corrected chi connectivity index (χ2v) is 5.66. The minimum Gasteiger partial charge on any atom is -0.395 e. The molecule has 1 aliphatic rings. The number of aliphatic hydroxyl groups is 1. The zero-order valence-corrected chi connectivity index (χ0v) is 13.6. The van der Waals surface area contributed by atoms with E-state index in [0.717, 1.165) is 19.6 Å². The van der Waals surface area contributed by atoms with Gasteiger partial charge in [0.15, 0.2) is 0 Å². The number of likely N-dealkylation sites (N-methyl/N-ethyl adjacent to an activating group) is 1. The number of hydrogen-bond acceptors (Lipinski definition) is 4. The van der Waals surface area contributed by atoms with Crippen LogP contribution in [0.1, 0.15) is 12.5 Å². The van der Waals surface area contributed by atoms with Crippen LogP contribution in [0.2, 0.25) is 0 Å². The van der Waals surface area contributed by atoms with E-state index < -0.39 is 11.8 Å². The molecule has 1 aliphatic heterocycles. The van der Waals surface area contributed by atoms with Crippen molar-refractivity contribution in [2.75, 3.05) is 45.9 Å². The van der Waals surface area contributed by atoms with Crippen LogP contribution in [0.25, 0.3) is 0 Å². The Kier molecular flexibility index (Phi) is 6.55. The third-order valence-corrected chi connectivity index (χ3v) is 4.13. The van der Waals surface area contributed by atoms with Crippen molar-refractivity contribution in [1.29, 1.82) is 0 Å². The zero-order chi connectivity index (χ0) is 16.7. The van der Waals surface area contributed by atoms with Gasteiger partial charge in [-0.05, 0) is 12.5 Å². The molecule has 0 saturated carbocycles. The van der Waals surface area contributed by atoms with Crippen LogP contribution in [0, 0.1) is 0 Å². The topological polar surface area (TPSA) is 64.1 Å².